The number of benzene rings is 3. The van der Waals surface area contributed by atoms with E-state index in [1.54, 1.807) is 12.1 Å². The van der Waals surface area contributed by atoms with Gasteiger partial charge in [0.1, 0.15) is 6.04 Å². The number of anilines is 1. The molecule has 7 nitrogen and oxygen atoms in total. The number of imide groups is 1. The quantitative estimate of drug-likeness (QED) is 0.347. The third-order valence-electron chi connectivity index (χ3n) is 8.44. The number of likely N-dealkylation sites (tertiary alicyclic amines) is 1. The fourth-order valence-electron chi connectivity index (χ4n) is 6.83. The van der Waals surface area contributed by atoms with Crippen molar-refractivity contribution >= 4 is 29.4 Å². The Kier molecular flexibility index (Phi) is 6.53. The Hall–Kier alpha value is -4.26. The number of hydrogen-bond donors (Lipinski definition) is 1. The standard InChI is InChI=1S/C33H32N2O5/c1-18(2)16-25(33(39)40-17-26(36)34-20-14-12-19(3)13-15-20)35-31(37)29-27-21-8-4-5-9-22(21)28(30(29)32(35)38)24-11-7-6-10-23(24)27/h4-15,18,25,27-30H,16-17H2,1-3H3,(H,34,36)/t25-,27?,28?,29-,30-/m0/s1. The van der Waals surface area contributed by atoms with E-state index in [1.165, 1.54) is 0 Å². The summed E-state index contributed by atoms with van der Waals surface area (Å²) in [5.74, 6) is -3.54. The number of nitrogens with zero attached hydrogens (tertiary/aromatic N) is 1. The SMILES string of the molecule is Cc1ccc(NC(=O)COC(=O)[C@H](CC(C)C)N2C(=O)[C@H]3C4c5ccccc5C(c5ccccc54)[C@@H]3C2=O)cc1. The molecule has 3 aliphatic carbocycles. The van der Waals surface area contributed by atoms with Crippen molar-refractivity contribution in [3.8, 4) is 0 Å². The van der Waals surface area contributed by atoms with Gasteiger partial charge < -0.3 is 10.1 Å². The van der Waals surface area contributed by atoms with Crippen LogP contribution >= 0.6 is 0 Å². The molecule has 40 heavy (non-hydrogen) atoms. The lowest BCUT2D eigenvalue weighted by Crippen LogP contribution is -2.47. The van der Waals surface area contributed by atoms with E-state index in [2.05, 4.69) is 5.32 Å². The second-order valence-corrected chi connectivity index (χ2v) is 11.5. The van der Waals surface area contributed by atoms with E-state index in [1.807, 2.05) is 81.4 Å². The summed E-state index contributed by atoms with van der Waals surface area (Å²) in [4.78, 5) is 55.3. The molecule has 3 atom stereocenters. The fourth-order valence-corrected chi connectivity index (χ4v) is 6.83. The number of amides is 3. The van der Waals surface area contributed by atoms with Gasteiger partial charge in [-0.2, -0.15) is 0 Å². The highest BCUT2D eigenvalue weighted by molar-refractivity contribution is 6.10. The molecule has 1 N–H and O–H groups in total. The minimum absolute atomic E-state index is 0.00767. The summed E-state index contributed by atoms with van der Waals surface area (Å²) in [7, 11) is 0. The molecule has 7 rings (SSSR count). The van der Waals surface area contributed by atoms with Crippen LogP contribution in [0, 0.1) is 24.7 Å². The second-order valence-electron chi connectivity index (χ2n) is 11.5. The van der Waals surface area contributed by atoms with Gasteiger partial charge in [0.15, 0.2) is 6.61 Å². The topological polar surface area (TPSA) is 92.8 Å². The zero-order chi connectivity index (χ0) is 28.1. The van der Waals surface area contributed by atoms with Crippen LogP contribution in [0.2, 0.25) is 0 Å². The van der Waals surface area contributed by atoms with Gasteiger partial charge in [0, 0.05) is 17.5 Å². The normalized spacial score (nSPS) is 22.9. The average molecular weight is 537 g/mol. The van der Waals surface area contributed by atoms with Gasteiger partial charge in [0.2, 0.25) is 11.8 Å². The predicted molar refractivity (Wildman–Crippen MR) is 149 cm³/mol. The van der Waals surface area contributed by atoms with Crippen LogP contribution in [-0.2, 0) is 23.9 Å². The Balaban J connectivity index is 1.27. The first-order valence-corrected chi connectivity index (χ1v) is 13.8. The first-order chi connectivity index (χ1) is 19.3. The van der Waals surface area contributed by atoms with Crippen molar-refractivity contribution in [2.45, 2.75) is 45.1 Å². The highest BCUT2D eigenvalue weighted by Gasteiger charge is 2.63. The lowest BCUT2D eigenvalue weighted by Gasteiger charge is -2.45. The van der Waals surface area contributed by atoms with Crippen LogP contribution < -0.4 is 5.32 Å². The Labute approximate surface area is 233 Å². The second kappa shape index (κ2) is 10.0. The van der Waals surface area contributed by atoms with Gasteiger partial charge in [0.05, 0.1) is 11.8 Å². The maximum absolute atomic E-state index is 14.1. The number of aryl methyl sites for hydroxylation is 1. The van der Waals surface area contributed by atoms with Gasteiger partial charge >= 0.3 is 5.97 Å². The van der Waals surface area contributed by atoms with E-state index >= 15 is 0 Å². The number of ether oxygens (including phenoxy) is 1. The van der Waals surface area contributed by atoms with Crippen LogP contribution in [0.15, 0.2) is 72.8 Å². The van der Waals surface area contributed by atoms with Gasteiger partial charge in [-0.15, -0.1) is 0 Å². The Morgan fingerprint density at radius 1 is 0.800 bits per heavy atom. The zero-order valence-corrected chi connectivity index (χ0v) is 22.8. The van der Waals surface area contributed by atoms with Crippen LogP contribution in [0.1, 0.15) is 59.9 Å². The minimum Gasteiger partial charge on any atom is -0.454 e. The Morgan fingerprint density at radius 3 is 1.73 bits per heavy atom. The van der Waals surface area contributed by atoms with Gasteiger partial charge in [-0.25, -0.2) is 4.79 Å². The Bertz CT molecular complexity index is 1400. The minimum atomic E-state index is -1.09. The summed E-state index contributed by atoms with van der Waals surface area (Å²) in [5.41, 5.74) is 5.95. The highest BCUT2D eigenvalue weighted by Crippen LogP contribution is 2.61. The highest BCUT2D eigenvalue weighted by atomic mass is 16.5. The Morgan fingerprint density at radius 2 is 1.27 bits per heavy atom. The van der Waals surface area contributed by atoms with Gasteiger partial charge in [-0.3, -0.25) is 19.3 Å². The van der Waals surface area contributed by atoms with Crippen LogP contribution in [0.4, 0.5) is 5.69 Å². The molecule has 0 spiro atoms. The first-order valence-electron chi connectivity index (χ1n) is 13.8. The van der Waals surface area contributed by atoms with Crippen LogP contribution in [0.25, 0.3) is 0 Å². The summed E-state index contributed by atoms with van der Waals surface area (Å²) >= 11 is 0. The molecule has 1 aliphatic heterocycles. The molecule has 2 bridgehead atoms. The first kappa shape index (κ1) is 26.0. The largest absolute Gasteiger partial charge is 0.454 e. The number of nitrogens with one attached hydrogen (secondary N) is 1. The molecular formula is C33H32N2O5. The summed E-state index contributed by atoms with van der Waals surface area (Å²) in [5, 5.41) is 2.71. The van der Waals surface area contributed by atoms with E-state index in [-0.39, 0.29) is 36.0 Å². The van der Waals surface area contributed by atoms with Gasteiger partial charge in [-0.1, -0.05) is 80.1 Å². The molecule has 204 valence electrons. The van der Waals surface area contributed by atoms with Crippen molar-refractivity contribution in [3.05, 3.63) is 101 Å². The summed E-state index contributed by atoms with van der Waals surface area (Å²) in [6, 6.07) is 22.2. The molecule has 3 aromatic carbocycles. The molecule has 7 heteroatoms. The van der Waals surface area contributed by atoms with Crippen molar-refractivity contribution in [2.75, 3.05) is 11.9 Å². The number of carbonyl (C=O) groups excluding carboxylic acids is 4. The summed E-state index contributed by atoms with van der Waals surface area (Å²) in [6.07, 6.45) is 0.255. The van der Waals surface area contributed by atoms with Crippen molar-refractivity contribution in [1.82, 2.24) is 4.90 Å². The molecule has 0 aromatic heterocycles. The van der Waals surface area contributed by atoms with Crippen LogP contribution in [-0.4, -0.2) is 41.2 Å². The van der Waals surface area contributed by atoms with Crippen molar-refractivity contribution in [3.63, 3.8) is 0 Å². The van der Waals surface area contributed by atoms with E-state index < -0.39 is 36.4 Å². The molecule has 1 fully saturated rings. The average Bonchev–Trinajstić information content (AvgIpc) is 3.21. The van der Waals surface area contributed by atoms with Crippen molar-refractivity contribution in [1.29, 1.82) is 0 Å². The number of rotatable bonds is 7. The molecule has 1 saturated heterocycles. The molecule has 0 saturated carbocycles. The van der Waals surface area contributed by atoms with Gasteiger partial charge in [0.25, 0.3) is 5.91 Å². The fraction of sp³-hybridized carbons (Fsp3) is 0.333. The van der Waals surface area contributed by atoms with E-state index in [0.717, 1.165) is 32.7 Å². The third kappa shape index (κ3) is 4.21. The van der Waals surface area contributed by atoms with E-state index in [0.29, 0.717) is 5.69 Å². The van der Waals surface area contributed by atoms with Crippen LogP contribution in [0.3, 0.4) is 0 Å². The molecule has 1 heterocycles. The molecule has 0 radical (unpaired) electrons. The lowest BCUT2D eigenvalue weighted by molar-refractivity contribution is -0.160. The number of esters is 1. The number of hydrogen-bond acceptors (Lipinski definition) is 5. The predicted octanol–water partition coefficient (Wildman–Crippen LogP) is 4.78. The molecule has 4 aliphatic rings. The van der Waals surface area contributed by atoms with Gasteiger partial charge in [-0.05, 0) is 53.6 Å². The molecule has 0 unspecified atom stereocenters. The summed E-state index contributed by atoms with van der Waals surface area (Å²) in [6.45, 7) is 5.30. The maximum atomic E-state index is 14.1. The summed E-state index contributed by atoms with van der Waals surface area (Å²) < 4.78 is 5.42. The molecular weight excluding hydrogens is 504 g/mol. The zero-order valence-electron chi connectivity index (χ0n) is 22.8. The molecule has 3 amide bonds. The maximum Gasteiger partial charge on any atom is 0.329 e. The van der Waals surface area contributed by atoms with Crippen molar-refractivity contribution in [2.24, 2.45) is 17.8 Å². The third-order valence-corrected chi connectivity index (χ3v) is 8.44. The van der Waals surface area contributed by atoms with Crippen LogP contribution in [0.5, 0.6) is 0 Å². The monoisotopic (exact) mass is 536 g/mol. The lowest BCUT2D eigenvalue weighted by atomic mass is 9.55. The smallest absolute Gasteiger partial charge is 0.329 e. The number of carbonyl (C=O) groups is 4. The van der Waals surface area contributed by atoms with E-state index in [4.69, 9.17) is 4.74 Å². The van der Waals surface area contributed by atoms with E-state index in [9.17, 15) is 19.2 Å². The van der Waals surface area contributed by atoms with Crippen molar-refractivity contribution < 1.29 is 23.9 Å². The molecule has 3 aromatic rings.